The SMILES string of the molecule is O=C(N[C@H](CCS(=O)(=O)c1ccccc1)C(=O)O)c1c2ccccc2cc2ccccc12. The molecule has 7 heteroatoms. The van der Waals surface area contributed by atoms with E-state index in [2.05, 4.69) is 5.32 Å². The van der Waals surface area contributed by atoms with Gasteiger partial charge < -0.3 is 10.4 Å². The Bertz CT molecular complexity index is 1360. The predicted octanol–water partition coefficient (Wildman–Crippen LogP) is 4.04. The van der Waals surface area contributed by atoms with Crippen LogP contribution in [-0.2, 0) is 14.6 Å². The number of amides is 1. The summed E-state index contributed by atoms with van der Waals surface area (Å²) in [5.74, 6) is -2.24. The molecule has 0 unspecified atom stereocenters. The third-order valence-electron chi connectivity index (χ3n) is 5.38. The Hall–Kier alpha value is -3.71. The summed E-state index contributed by atoms with van der Waals surface area (Å²) in [4.78, 5) is 25.2. The lowest BCUT2D eigenvalue weighted by atomic mass is 9.96. The fourth-order valence-corrected chi connectivity index (χ4v) is 5.12. The Morgan fingerprint density at radius 1 is 0.812 bits per heavy atom. The molecular weight excluding hydrogens is 426 g/mol. The molecule has 2 N–H and O–H groups in total. The van der Waals surface area contributed by atoms with Gasteiger partial charge in [0.05, 0.1) is 16.2 Å². The van der Waals surface area contributed by atoms with E-state index in [9.17, 15) is 23.1 Å². The quantitative estimate of drug-likeness (QED) is 0.417. The Balaban J connectivity index is 1.64. The van der Waals surface area contributed by atoms with Crippen molar-refractivity contribution in [2.45, 2.75) is 17.4 Å². The van der Waals surface area contributed by atoms with Crippen LogP contribution >= 0.6 is 0 Å². The molecule has 4 aromatic carbocycles. The van der Waals surface area contributed by atoms with Gasteiger partial charge in [0.1, 0.15) is 6.04 Å². The lowest BCUT2D eigenvalue weighted by Crippen LogP contribution is -2.42. The first-order valence-electron chi connectivity index (χ1n) is 10.1. The van der Waals surface area contributed by atoms with Crippen molar-refractivity contribution in [1.29, 1.82) is 0 Å². The molecule has 162 valence electrons. The molecule has 0 aromatic heterocycles. The summed E-state index contributed by atoms with van der Waals surface area (Å²) in [6, 6.07) is 23.2. The third-order valence-corrected chi connectivity index (χ3v) is 7.14. The molecule has 4 aromatic rings. The van der Waals surface area contributed by atoms with Gasteiger partial charge in [-0.3, -0.25) is 4.79 Å². The minimum Gasteiger partial charge on any atom is -0.480 e. The number of carbonyl (C=O) groups is 2. The number of rotatable bonds is 7. The fourth-order valence-electron chi connectivity index (χ4n) is 3.76. The molecule has 4 rings (SSSR count). The summed E-state index contributed by atoms with van der Waals surface area (Å²) < 4.78 is 25.1. The summed E-state index contributed by atoms with van der Waals surface area (Å²) >= 11 is 0. The average molecular weight is 448 g/mol. The number of aliphatic carboxylic acids is 1. The lowest BCUT2D eigenvalue weighted by molar-refractivity contribution is -0.139. The molecule has 0 saturated heterocycles. The van der Waals surface area contributed by atoms with Gasteiger partial charge in [-0.15, -0.1) is 0 Å². The van der Waals surface area contributed by atoms with Crippen LogP contribution in [0.15, 0.2) is 89.8 Å². The smallest absolute Gasteiger partial charge is 0.326 e. The second-order valence-corrected chi connectivity index (χ2v) is 9.59. The van der Waals surface area contributed by atoms with E-state index < -0.39 is 33.5 Å². The highest BCUT2D eigenvalue weighted by Crippen LogP contribution is 2.28. The van der Waals surface area contributed by atoms with E-state index in [0.717, 1.165) is 10.8 Å². The molecule has 0 spiro atoms. The summed E-state index contributed by atoms with van der Waals surface area (Å²) in [5, 5.41) is 15.3. The van der Waals surface area contributed by atoms with E-state index in [1.807, 2.05) is 54.6 Å². The standard InChI is InChI=1S/C25H21NO5S/c27-24(23-20-12-6-4-8-17(20)16-18-9-5-7-13-21(18)23)26-22(25(28)29)14-15-32(30,31)19-10-2-1-3-11-19/h1-13,16,22H,14-15H2,(H,26,27)(H,28,29)/t22-/m1/s1. The van der Waals surface area contributed by atoms with Crippen molar-refractivity contribution in [3.05, 3.63) is 90.5 Å². The second-order valence-electron chi connectivity index (χ2n) is 7.48. The topological polar surface area (TPSA) is 101 Å². The first kappa shape index (κ1) is 21.5. The number of hydrogen-bond acceptors (Lipinski definition) is 4. The maximum Gasteiger partial charge on any atom is 0.326 e. The van der Waals surface area contributed by atoms with Crippen molar-refractivity contribution < 1.29 is 23.1 Å². The number of fused-ring (bicyclic) bond motifs is 2. The maximum atomic E-state index is 13.3. The van der Waals surface area contributed by atoms with Gasteiger partial charge in [0.15, 0.2) is 9.84 Å². The Kier molecular flexibility index (Phi) is 5.92. The van der Waals surface area contributed by atoms with E-state index in [1.54, 1.807) is 18.2 Å². The van der Waals surface area contributed by atoms with Crippen molar-refractivity contribution in [2.24, 2.45) is 0 Å². The van der Waals surface area contributed by atoms with E-state index in [1.165, 1.54) is 12.1 Å². The van der Waals surface area contributed by atoms with Gasteiger partial charge >= 0.3 is 5.97 Å². The van der Waals surface area contributed by atoms with Crippen molar-refractivity contribution >= 4 is 43.3 Å². The first-order chi connectivity index (χ1) is 15.4. The van der Waals surface area contributed by atoms with E-state index >= 15 is 0 Å². The zero-order valence-corrected chi connectivity index (χ0v) is 17.9. The van der Waals surface area contributed by atoms with E-state index in [0.29, 0.717) is 16.3 Å². The molecule has 32 heavy (non-hydrogen) atoms. The normalized spacial score (nSPS) is 12.5. The molecule has 0 saturated carbocycles. The largest absolute Gasteiger partial charge is 0.480 e. The first-order valence-corrected chi connectivity index (χ1v) is 11.7. The van der Waals surface area contributed by atoms with Crippen molar-refractivity contribution in [3.8, 4) is 0 Å². The van der Waals surface area contributed by atoms with Gasteiger partial charge in [-0.25, -0.2) is 13.2 Å². The number of hydrogen-bond donors (Lipinski definition) is 2. The molecule has 0 aliphatic heterocycles. The molecule has 0 aliphatic rings. The minimum atomic E-state index is -3.67. The van der Waals surface area contributed by atoms with Gasteiger partial charge in [0, 0.05) is 0 Å². The highest BCUT2D eigenvalue weighted by Gasteiger charge is 2.26. The van der Waals surface area contributed by atoms with Crippen LogP contribution in [0.5, 0.6) is 0 Å². The highest BCUT2D eigenvalue weighted by atomic mass is 32.2. The van der Waals surface area contributed by atoms with Crippen LogP contribution < -0.4 is 5.32 Å². The number of carboxylic acid groups (broad SMARTS) is 1. The number of carbonyl (C=O) groups excluding carboxylic acids is 1. The van der Waals surface area contributed by atoms with E-state index in [4.69, 9.17) is 0 Å². The van der Waals surface area contributed by atoms with Gasteiger partial charge in [0.2, 0.25) is 0 Å². The molecule has 1 amide bonds. The molecular formula is C25H21NO5S. The van der Waals surface area contributed by atoms with Crippen molar-refractivity contribution in [2.75, 3.05) is 5.75 Å². The zero-order chi connectivity index (χ0) is 22.7. The summed E-state index contributed by atoms with van der Waals surface area (Å²) in [6.45, 7) is 0. The summed E-state index contributed by atoms with van der Waals surface area (Å²) in [5.41, 5.74) is 0.371. The molecule has 0 radical (unpaired) electrons. The monoisotopic (exact) mass is 447 g/mol. The van der Waals surface area contributed by atoms with Crippen LogP contribution in [0.3, 0.4) is 0 Å². The zero-order valence-electron chi connectivity index (χ0n) is 17.1. The molecule has 0 aliphatic carbocycles. The predicted molar refractivity (Wildman–Crippen MR) is 123 cm³/mol. The van der Waals surface area contributed by atoms with Crippen molar-refractivity contribution in [1.82, 2.24) is 5.32 Å². The minimum absolute atomic E-state index is 0.121. The van der Waals surface area contributed by atoms with Gasteiger partial charge in [-0.2, -0.15) is 0 Å². The Morgan fingerprint density at radius 3 is 1.91 bits per heavy atom. The van der Waals surface area contributed by atoms with Crippen LogP contribution in [-0.4, -0.2) is 37.2 Å². The van der Waals surface area contributed by atoms with Crippen LogP contribution in [0.2, 0.25) is 0 Å². The summed E-state index contributed by atoms with van der Waals surface area (Å²) in [6.07, 6.45) is -0.249. The molecule has 1 atom stereocenters. The average Bonchev–Trinajstić information content (AvgIpc) is 2.80. The van der Waals surface area contributed by atoms with Crippen LogP contribution in [0, 0.1) is 0 Å². The number of carboxylic acids is 1. The molecule has 0 heterocycles. The van der Waals surface area contributed by atoms with Gasteiger partial charge in [-0.1, -0.05) is 66.7 Å². The highest BCUT2D eigenvalue weighted by molar-refractivity contribution is 7.91. The Labute approximate surface area is 185 Å². The van der Waals surface area contributed by atoms with Crippen molar-refractivity contribution in [3.63, 3.8) is 0 Å². The second kappa shape index (κ2) is 8.80. The maximum absolute atomic E-state index is 13.3. The molecule has 0 bridgehead atoms. The fraction of sp³-hybridized carbons (Fsp3) is 0.120. The van der Waals surface area contributed by atoms with Gasteiger partial charge in [0.25, 0.3) is 5.91 Å². The third kappa shape index (κ3) is 4.33. The molecule has 6 nitrogen and oxygen atoms in total. The Morgan fingerprint density at radius 2 is 1.34 bits per heavy atom. The van der Waals surface area contributed by atoms with Crippen LogP contribution in [0.25, 0.3) is 21.5 Å². The van der Waals surface area contributed by atoms with Gasteiger partial charge in [-0.05, 0) is 46.2 Å². The van der Waals surface area contributed by atoms with E-state index in [-0.39, 0.29) is 11.3 Å². The number of sulfone groups is 1. The number of nitrogens with one attached hydrogen (secondary N) is 1. The lowest BCUT2D eigenvalue weighted by Gasteiger charge is -2.17. The summed E-state index contributed by atoms with van der Waals surface area (Å²) in [7, 11) is -3.67. The number of benzene rings is 4. The molecule has 0 fully saturated rings. The van der Waals surface area contributed by atoms with Crippen LogP contribution in [0.4, 0.5) is 0 Å². The van der Waals surface area contributed by atoms with Crippen LogP contribution in [0.1, 0.15) is 16.8 Å².